The van der Waals surface area contributed by atoms with Crippen molar-refractivity contribution in [2.75, 3.05) is 47.5 Å². The standard InChI is InChI=1S/C39H68N4O7/c1-22-31-17-27(39(31,3)4)18-32(22)41-38(47)35-34(23(2)45)33(21-44)50-43(35)20-24-10-8-12-30(36(24)48-7)25-14-26(16-28(15-25)42(5)6)37(46)40-19-29-11-9-13-49-29/h22-36,44-45H,8-21H2,1-7H3,(H,40,46)(H,41,47)/t22-,23-,24?,25?,26?,27+,28?,29-,30?,31-,32-,33-,34-,35-,36?/m0/s1. The third-order valence-corrected chi connectivity index (χ3v) is 14.7. The molecule has 2 saturated heterocycles. The second-order valence-electron chi connectivity index (χ2n) is 18.0. The van der Waals surface area contributed by atoms with Crippen molar-refractivity contribution in [2.24, 2.45) is 52.8 Å². The Hall–Kier alpha value is -1.34. The van der Waals surface area contributed by atoms with E-state index in [2.05, 4.69) is 50.4 Å². The zero-order valence-electron chi connectivity index (χ0n) is 31.9. The molecule has 286 valence electrons. The molecule has 0 aromatic carbocycles. The normalized spacial score (nSPS) is 43.7. The quantitative estimate of drug-likeness (QED) is 0.242. The molecule has 7 rings (SSSR count). The minimum atomic E-state index is -0.824. The maximum absolute atomic E-state index is 14.3. The average Bonchev–Trinajstić information content (AvgIpc) is 3.75. The number of carbonyl (C=O) groups is 2. The maximum Gasteiger partial charge on any atom is 0.240 e. The molecule has 50 heavy (non-hydrogen) atoms. The van der Waals surface area contributed by atoms with Gasteiger partial charge < -0.3 is 35.2 Å². The van der Waals surface area contributed by atoms with Crippen LogP contribution in [0.1, 0.15) is 91.9 Å². The molecule has 0 aromatic rings. The molecule has 0 spiro atoms. The number of hydrogen-bond donors (Lipinski definition) is 4. The number of hydrogen-bond acceptors (Lipinski definition) is 9. The minimum absolute atomic E-state index is 0.0497. The maximum atomic E-state index is 14.3. The highest BCUT2D eigenvalue weighted by Crippen LogP contribution is 2.61. The van der Waals surface area contributed by atoms with Crippen LogP contribution in [0.5, 0.6) is 0 Å². The van der Waals surface area contributed by atoms with Crippen LogP contribution < -0.4 is 10.6 Å². The van der Waals surface area contributed by atoms with E-state index in [1.54, 1.807) is 19.1 Å². The van der Waals surface area contributed by atoms with E-state index in [4.69, 9.17) is 14.3 Å². The first-order valence-corrected chi connectivity index (χ1v) is 19.9. The van der Waals surface area contributed by atoms with Gasteiger partial charge in [-0.1, -0.05) is 27.2 Å². The zero-order chi connectivity index (χ0) is 35.9. The van der Waals surface area contributed by atoms with Crippen LogP contribution in [0.2, 0.25) is 0 Å². The number of nitrogens with zero attached hydrogens (tertiary/aromatic N) is 2. The van der Waals surface area contributed by atoms with Gasteiger partial charge in [0.25, 0.3) is 0 Å². The van der Waals surface area contributed by atoms with E-state index in [0.29, 0.717) is 48.2 Å². The van der Waals surface area contributed by atoms with Crippen LogP contribution in [0.15, 0.2) is 0 Å². The molecule has 2 amide bonds. The third kappa shape index (κ3) is 7.66. The number of carbonyl (C=O) groups excluding carboxylic acids is 2. The molecule has 2 aliphatic heterocycles. The van der Waals surface area contributed by atoms with Gasteiger partial charge in [0.05, 0.1) is 24.9 Å². The number of amides is 2. The summed E-state index contributed by atoms with van der Waals surface area (Å²) in [5.41, 5.74) is 0.319. The van der Waals surface area contributed by atoms with Gasteiger partial charge in [0, 0.05) is 56.6 Å². The lowest BCUT2D eigenvalue weighted by Gasteiger charge is -2.62. The van der Waals surface area contributed by atoms with E-state index in [0.717, 1.165) is 64.4 Å². The predicted octanol–water partition coefficient (Wildman–Crippen LogP) is 3.22. The van der Waals surface area contributed by atoms with Crippen molar-refractivity contribution < 1.29 is 34.1 Å². The van der Waals surface area contributed by atoms with Crippen LogP contribution in [0.3, 0.4) is 0 Å². The molecule has 11 nitrogen and oxygen atoms in total. The van der Waals surface area contributed by atoms with Crippen molar-refractivity contribution in [1.82, 2.24) is 20.6 Å². The van der Waals surface area contributed by atoms with Crippen molar-refractivity contribution in [3.8, 4) is 0 Å². The van der Waals surface area contributed by atoms with Gasteiger partial charge in [-0.2, -0.15) is 5.06 Å². The van der Waals surface area contributed by atoms with E-state index < -0.39 is 24.2 Å². The van der Waals surface area contributed by atoms with Crippen LogP contribution in [-0.2, 0) is 23.9 Å². The summed E-state index contributed by atoms with van der Waals surface area (Å²) in [5, 5.41) is 29.7. The van der Waals surface area contributed by atoms with Crippen LogP contribution in [0.4, 0.5) is 0 Å². The number of methoxy groups -OCH3 is 1. The van der Waals surface area contributed by atoms with Gasteiger partial charge in [-0.25, -0.2) is 0 Å². The summed E-state index contributed by atoms with van der Waals surface area (Å²) in [6.07, 6.45) is 8.63. The van der Waals surface area contributed by atoms with Crippen molar-refractivity contribution >= 4 is 11.8 Å². The van der Waals surface area contributed by atoms with E-state index in [1.807, 2.05) is 0 Å². The van der Waals surface area contributed by atoms with E-state index in [9.17, 15) is 19.8 Å². The first-order valence-electron chi connectivity index (χ1n) is 19.9. The molecule has 0 radical (unpaired) electrons. The lowest BCUT2D eigenvalue weighted by atomic mass is 9.45. The molecular weight excluding hydrogens is 636 g/mol. The molecule has 5 saturated carbocycles. The summed E-state index contributed by atoms with van der Waals surface area (Å²) in [5.74, 6) is 1.76. The fourth-order valence-electron chi connectivity index (χ4n) is 11.6. The highest BCUT2D eigenvalue weighted by atomic mass is 16.7. The topological polar surface area (TPSA) is 133 Å². The minimum Gasteiger partial charge on any atom is -0.394 e. The fraction of sp³-hybridized carbons (Fsp3) is 0.949. The summed E-state index contributed by atoms with van der Waals surface area (Å²) >= 11 is 0. The zero-order valence-corrected chi connectivity index (χ0v) is 31.9. The van der Waals surface area contributed by atoms with Crippen molar-refractivity contribution in [2.45, 2.75) is 134 Å². The van der Waals surface area contributed by atoms with Gasteiger partial charge in [-0.05, 0) is 114 Å². The summed E-state index contributed by atoms with van der Waals surface area (Å²) < 4.78 is 12.1. The molecule has 7 aliphatic rings. The van der Waals surface area contributed by atoms with Crippen molar-refractivity contribution in [3.05, 3.63) is 0 Å². The van der Waals surface area contributed by atoms with Gasteiger partial charge in [-0.3, -0.25) is 14.4 Å². The Kier molecular flexibility index (Phi) is 12.2. The Bertz CT molecular complexity index is 1160. The fourth-order valence-corrected chi connectivity index (χ4v) is 11.6. The van der Waals surface area contributed by atoms with E-state index >= 15 is 0 Å². The molecule has 6 unspecified atom stereocenters. The number of rotatable bonds is 12. The first-order chi connectivity index (χ1) is 23.8. The molecular formula is C39H68N4O7. The number of hydroxylamine groups is 2. The molecule has 2 bridgehead atoms. The Morgan fingerprint density at radius 2 is 1.84 bits per heavy atom. The monoisotopic (exact) mass is 705 g/mol. The lowest BCUT2D eigenvalue weighted by Crippen LogP contribution is -2.62. The predicted molar refractivity (Wildman–Crippen MR) is 191 cm³/mol. The van der Waals surface area contributed by atoms with Gasteiger partial charge in [0.15, 0.2) is 0 Å². The van der Waals surface area contributed by atoms with Crippen LogP contribution in [-0.4, -0.2) is 122 Å². The third-order valence-electron chi connectivity index (χ3n) is 14.7. The molecule has 2 heterocycles. The largest absolute Gasteiger partial charge is 0.394 e. The van der Waals surface area contributed by atoms with Crippen LogP contribution in [0.25, 0.3) is 0 Å². The van der Waals surface area contributed by atoms with E-state index in [-0.39, 0.29) is 54.4 Å². The number of aliphatic hydroxyl groups excluding tert-OH is 2. The summed E-state index contributed by atoms with van der Waals surface area (Å²) in [6.45, 7) is 10.3. The first kappa shape index (κ1) is 38.4. The van der Waals surface area contributed by atoms with Crippen molar-refractivity contribution in [1.29, 1.82) is 0 Å². The Morgan fingerprint density at radius 3 is 2.46 bits per heavy atom. The Labute approximate surface area is 300 Å². The van der Waals surface area contributed by atoms with Gasteiger partial charge >= 0.3 is 0 Å². The summed E-state index contributed by atoms with van der Waals surface area (Å²) in [6, 6.07) is -0.286. The lowest BCUT2D eigenvalue weighted by molar-refractivity contribution is -0.193. The van der Waals surface area contributed by atoms with Gasteiger partial charge in [-0.15, -0.1) is 0 Å². The number of aliphatic hydroxyl groups is 2. The molecule has 15 atom stereocenters. The summed E-state index contributed by atoms with van der Waals surface area (Å²) in [4.78, 5) is 36.5. The number of fused-ring (bicyclic) bond motifs is 2. The highest BCUT2D eigenvalue weighted by molar-refractivity contribution is 5.83. The van der Waals surface area contributed by atoms with Crippen LogP contribution >= 0.6 is 0 Å². The molecule has 11 heteroatoms. The molecule has 4 N–H and O–H groups in total. The smallest absolute Gasteiger partial charge is 0.240 e. The molecule has 5 aliphatic carbocycles. The van der Waals surface area contributed by atoms with Crippen molar-refractivity contribution in [3.63, 3.8) is 0 Å². The van der Waals surface area contributed by atoms with Crippen LogP contribution in [0, 0.1) is 52.8 Å². The second kappa shape index (κ2) is 15.9. The summed E-state index contributed by atoms with van der Waals surface area (Å²) in [7, 11) is 6.04. The number of nitrogens with one attached hydrogen (secondary N) is 2. The highest BCUT2D eigenvalue weighted by Gasteiger charge is 2.58. The average molecular weight is 705 g/mol. The molecule has 0 aromatic heterocycles. The SMILES string of the molecule is COC1C(CN2O[C@@H](CO)[C@H]([C@H](C)O)[C@H]2C(=O)N[C@H]2C[C@H]3C[C@@H]([C@@H]2C)C3(C)C)CCCC1C1CC(C(=O)NC[C@@H]2CCCO2)CC(N(C)C)C1. The Morgan fingerprint density at radius 1 is 1.06 bits per heavy atom. The second-order valence-corrected chi connectivity index (χ2v) is 18.0. The molecule has 7 fully saturated rings. The Balaban J connectivity index is 1.15. The van der Waals surface area contributed by atoms with Gasteiger partial charge in [0.1, 0.15) is 12.1 Å². The van der Waals surface area contributed by atoms with Gasteiger partial charge in [0.2, 0.25) is 11.8 Å². The van der Waals surface area contributed by atoms with E-state index in [1.165, 1.54) is 6.42 Å². The number of ether oxygens (including phenoxy) is 2.